The van der Waals surface area contributed by atoms with Gasteiger partial charge in [0.25, 0.3) is 0 Å². The molecule has 0 aliphatic carbocycles. The third-order valence-corrected chi connectivity index (χ3v) is 6.66. The Morgan fingerprint density at radius 1 is 1.17 bits per heavy atom. The summed E-state index contributed by atoms with van der Waals surface area (Å²) < 4.78 is 41.2. The first-order valence-electron chi connectivity index (χ1n) is 7.28. The van der Waals surface area contributed by atoms with E-state index in [-0.39, 0.29) is 21.5 Å². The highest BCUT2D eigenvalue weighted by atomic mass is 32.2. The fourth-order valence-electron chi connectivity index (χ4n) is 1.76. The number of alkyl halides is 3. The van der Waals surface area contributed by atoms with Crippen LogP contribution >= 0.6 is 22.0 Å². The van der Waals surface area contributed by atoms with E-state index in [1.165, 1.54) is 23.6 Å². The van der Waals surface area contributed by atoms with E-state index in [0.29, 0.717) is 10.6 Å². The van der Waals surface area contributed by atoms with Crippen LogP contribution in [0.15, 0.2) is 24.5 Å². The summed E-state index contributed by atoms with van der Waals surface area (Å²) in [6, 6.07) is 2.45. The molecule has 24 heavy (non-hydrogen) atoms. The zero-order valence-electron chi connectivity index (χ0n) is 13.9. The second-order valence-corrected chi connectivity index (χ2v) is 9.64. The average molecular weight is 375 g/mol. The normalized spacial score (nSPS) is 15.3. The lowest BCUT2D eigenvalue weighted by molar-refractivity contribution is -0.141. The number of aromatic nitrogens is 2. The minimum Gasteiger partial charge on any atom is -0.262 e. The number of rotatable bonds is 4. The molecule has 2 heterocycles. The van der Waals surface area contributed by atoms with Crippen LogP contribution in [0.1, 0.15) is 44.3 Å². The summed E-state index contributed by atoms with van der Waals surface area (Å²) in [5, 5.41) is 0.652. The summed E-state index contributed by atoms with van der Waals surface area (Å²) in [4.78, 5) is 8.80. The van der Waals surface area contributed by atoms with E-state index in [9.17, 15) is 13.2 Å². The van der Waals surface area contributed by atoms with Gasteiger partial charge in [0.1, 0.15) is 10.7 Å². The maximum atomic E-state index is 12.6. The van der Waals surface area contributed by atoms with Crippen molar-refractivity contribution >= 4 is 27.9 Å². The largest absolute Gasteiger partial charge is 0.433 e. The van der Waals surface area contributed by atoms with Gasteiger partial charge in [0.15, 0.2) is 0 Å². The lowest BCUT2D eigenvalue weighted by Crippen LogP contribution is -2.22. The molecule has 1 N–H and O–H groups in total. The molecule has 0 saturated carbocycles. The first-order chi connectivity index (χ1) is 11.0. The molecule has 2 aromatic rings. The van der Waals surface area contributed by atoms with Crippen LogP contribution in [0.5, 0.6) is 0 Å². The third kappa shape index (κ3) is 4.64. The van der Waals surface area contributed by atoms with Crippen LogP contribution in [0.25, 0.3) is 10.6 Å². The van der Waals surface area contributed by atoms with Gasteiger partial charge in [0.05, 0.1) is 0 Å². The summed E-state index contributed by atoms with van der Waals surface area (Å²) >= 11 is 1.44. The molecule has 0 aromatic carbocycles. The quantitative estimate of drug-likeness (QED) is 0.738. The molecule has 0 spiro atoms. The molecule has 2 aromatic heterocycles. The van der Waals surface area contributed by atoms with Crippen LogP contribution in [0.4, 0.5) is 13.2 Å². The molecule has 3 nitrogen and oxygen atoms in total. The van der Waals surface area contributed by atoms with E-state index in [1.807, 2.05) is 6.92 Å². The Kier molecular flexibility index (Phi) is 5.51. The molecule has 0 amide bonds. The minimum atomic E-state index is -4.43. The molecule has 0 radical (unpaired) electrons. The van der Waals surface area contributed by atoms with Crippen molar-refractivity contribution in [2.45, 2.75) is 44.7 Å². The number of nitrogens with one attached hydrogen (secondary N) is 1. The number of nitrogens with zero attached hydrogens (tertiary/aromatic N) is 2. The second-order valence-electron chi connectivity index (χ2n) is 6.34. The first-order valence-corrected chi connectivity index (χ1v) is 9.49. The van der Waals surface area contributed by atoms with Crippen molar-refractivity contribution in [3.8, 4) is 10.6 Å². The van der Waals surface area contributed by atoms with Crippen molar-refractivity contribution in [1.82, 2.24) is 14.7 Å². The first kappa shape index (κ1) is 19.1. The van der Waals surface area contributed by atoms with Gasteiger partial charge in [-0.25, -0.2) is 4.98 Å². The molecule has 0 bridgehead atoms. The van der Waals surface area contributed by atoms with Gasteiger partial charge in [-0.1, -0.05) is 26.6 Å². The highest BCUT2D eigenvalue weighted by molar-refractivity contribution is 8.13. The predicted molar refractivity (Wildman–Crippen MR) is 96.4 cm³/mol. The van der Waals surface area contributed by atoms with Gasteiger partial charge < -0.3 is 0 Å². The maximum Gasteiger partial charge on any atom is 0.433 e. The van der Waals surface area contributed by atoms with E-state index in [2.05, 4.69) is 41.3 Å². The van der Waals surface area contributed by atoms with Crippen molar-refractivity contribution in [3.05, 3.63) is 35.1 Å². The van der Waals surface area contributed by atoms with Crippen molar-refractivity contribution in [2.24, 2.45) is 0 Å². The lowest BCUT2D eigenvalue weighted by Gasteiger charge is -2.26. The Bertz CT molecular complexity index is 715. The zero-order valence-corrected chi connectivity index (χ0v) is 15.6. The Hall–Kier alpha value is -1.25. The van der Waals surface area contributed by atoms with Crippen LogP contribution in [0.3, 0.4) is 0 Å². The van der Waals surface area contributed by atoms with Crippen molar-refractivity contribution in [3.63, 3.8) is 0 Å². The Morgan fingerprint density at radius 3 is 2.33 bits per heavy atom. The third-order valence-electron chi connectivity index (χ3n) is 3.31. The lowest BCUT2D eigenvalue weighted by atomic mass is 10.2. The Balaban J connectivity index is 2.14. The summed E-state index contributed by atoms with van der Waals surface area (Å²) in [6.07, 6.45) is -1.47. The van der Waals surface area contributed by atoms with Gasteiger partial charge in [0, 0.05) is 33.6 Å². The van der Waals surface area contributed by atoms with E-state index >= 15 is 0 Å². The molecule has 1 unspecified atom stereocenters. The van der Waals surface area contributed by atoms with Crippen molar-refractivity contribution in [1.29, 1.82) is 0 Å². The number of pyridine rings is 1. The number of halogens is 3. The Morgan fingerprint density at radius 2 is 1.83 bits per heavy atom. The molecule has 132 valence electrons. The van der Waals surface area contributed by atoms with Gasteiger partial charge in [-0.05, 0) is 19.1 Å². The van der Waals surface area contributed by atoms with Crippen LogP contribution in [-0.4, -0.2) is 20.6 Å². The van der Waals surface area contributed by atoms with Crippen LogP contribution in [-0.2, 0) is 6.18 Å². The van der Waals surface area contributed by atoms with Gasteiger partial charge in [0.2, 0.25) is 0 Å². The summed E-state index contributed by atoms with van der Waals surface area (Å²) in [5.74, 6) is 4.16. The van der Waals surface area contributed by atoms with Crippen LogP contribution < -0.4 is 4.72 Å². The van der Waals surface area contributed by atoms with E-state index < -0.39 is 11.9 Å². The maximum absolute atomic E-state index is 12.6. The van der Waals surface area contributed by atoms with Gasteiger partial charge in [-0.15, -0.1) is 22.0 Å². The fraction of sp³-hybridized carbons (Fsp3) is 0.438. The zero-order chi connectivity index (χ0) is 18.1. The van der Waals surface area contributed by atoms with Crippen molar-refractivity contribution in [2.75, 3.05) is 0 Å². The van der Waals surface area contributed by atoms with Crippen LogP contribution in [0.2, 0.25) is 0 Å². The molecule has 0 aliphatic heterocycles. The monoisotopic (exact) mass is 375 g/mol. The van der Waals surface area contributed by atoms with Gasteiger partial charge in [-0.3, -0.25) is 9.71 Å². The van der Waals surface area contributed by atoms with Gasteiger partial charge in [-0.2, -0.15) is 13.2 Å². The van der Waals surface area contributed by atoms with E-state index in [4.69, 9.17) is 0 Å². The predicted octanol–water partition coefficient (Wildman–Crippen LogP) is 5.29. The fourth-order valence-corrected chi connectivity index (χ4v) is 3.65. The SMILES string of the molecule is C=S(N[C@@H](C)c1cnc(-c2ccc(C(F)(F)F)nc2)s1)C(C)(C)C. The number of thiazole rings is 1. The summed E-state index contributed by atoms with van der Waals surface area (Å²) in [5.41, 5.74) is -0.319. The van der Waals surface area contributed by atoms with E-state index in [1.54, 1.807) is 6.20 Å². The topological polar surface area (TPSA) is 37.8 Å². The highest BCUT2D eigenvalue weighted by Gasteiger charge is 2.32. The number of hydrogen-bond donors (Lipinski definition) is 1. The van der Waals surface area contributed by atoms with Crippen LogP contribution in [0, 0.1) is 0 Å². The molecular formula is C16H20F3N3S2. The molecule has 2 atom stereocenters. The van der Waals surface area contributed by atoms with Gasteiger partial charge >= 0.3 is 6.18 Å². The van der Waals surface area contributed by atoms with Crippen molar-refractivity contribution < 1.29 is 13.2 Å². The molecule has 2 rings (SSSR count). The molecule has 0 saturated heterocycles. The Labute approximate surface area is 146 Å². The molecule has 0 aliphatic rings. The molecule has 8 heteroatoms. The summed E-state index contributed by atoms with van der Waals surface area (Å²) in [7, 11) is -0.225. The second kappa shape index (κ2) is 6.93. The smallest absolute Gasteiger partial charge is 0.262 e. The average Bonchev–Trinajstić information content (AvgIpc) is 2.95. The molecular weight excluding hydrogens is 355 g/mol. The number of hydrogen-bond acceptors (Lipinski definition) is 4. The summed E-state index contributed by atoms with van der Waals surface area (Å²) in [6.45, 7) is 8.39. The molecule has 0 fully saturated rings. The standard InChI is InChI=1S/C16H20F3N3S2/c1-10(22-24(5)15(2,3)4)12-9-21-14(23-12)11-6-7-13(20-8-11)16(17,18)19/h6-10,22H,5H2,1-4H3/t10-,24?/m0/s1. The highest BCUT2D eigenvalue weighted by Crippen LogP contribution is 2.34. The minimum absolute atomic E-state index is 0.0547. The van der Waals surface area contributed by atoms with E-state index in [0.717, 1.165) is 10.9 Å².